The van der Waals surface area contributed by atoms with Gasteiger partial charge in [-0.15, -0.1) is 34.2 Å². The summed E-state index contributed by atoms with van der Waals surface area (Å²) in [4.78, 5) is 4.31. The van der Waals surface area contributed by atoms with Gasteiger partial charge in [-0.25, -0.2) is 0 Å². The Morgan fingerprint density at radius 2 is 1.81 bits per heavy atom. The summed E-state index contributed by atoms with van der Waals surface area (Å²) in [5.74, 6) is 3.90. The first-order valence-electron chi connectivity index (χ1n) is 10.6. The Bertz CT molecular complexity index is 844. The molecule has 0 aliphatic heterocycles. The summed E-state index contributed by atoms with van der Waals surface area (Å²) < 4.78 is 12.9. The zero-order chi connectivity index (χ0) is 22.6. The molecule has 1 aromatic heterocycles. The van der Waals surface area contributed by atoms with Crippen molar-refractivity contribution < 1.29 is 9.47 Å². The maximum absolute atomic E-state index is 5.37. The topological polar surface area (TPSA) is 85.6 Å². The van der Waals surface area contributed by atoms with Gasteiger partial charge in [0, 0.05) is 33.1 Å². The van der Waals surface area contributed by atoms with E-state index in [-0.39, 0.29) is 24.0 Å². The monoisotopic (exact) mass is 576 g/mol. The third-order valence-electron chi connectivity index (χ3n) is 4.77. The van der Waals surface area contributed by atoms with Crippen LogP contribution < -0.4 is 20.1 Å². The first-order chi connectivity index (χ1) is 15.0. The number of aliphatic imine (C=N–C) groups is 1. The van der Waals surface area contributed by atoms with Crippen molar-refractivity contribution >= 4 is 41.7 Å². The molecule has 0 spiro atoms. The number of guanidine groups is 1. The molecule has 0 aliphatic carbocycles. The Kier molecular flexibility index (Phi) is 13.5. The Balaban J connectivity index is 0.00000512. The van der Waals surface area contributed by atoms with Crippen LogP contribution in [-0.4, -0.2) is 61.3 Å². The zero-order valence-electron chi connectivity index (χ0n) is 20.0. The number of hydrogen-bond donors (Lipinski definition) is 2. The molecule has 0 aliphatic rings. The van der Waals surface area contributed by atoms with E-state index in [2.05, 4.69) is 50.3 Å². The summed E-state index contributed by atoms with van der Waals surface area (Å²) in [6.07, 6.45) is 4.75. The van der Waals surface area contributed by atoms with Gasteiger partial charge in [-0.3, -0.25) is 4.99 Å². The second-order valence-electron chi connectivity index (χ2n) is 7.58. The number of nitrogens with one attached hydrogen (secondary N) is 2. The average Bonchev–Trinajstić information content (AvgIpc) is 3.15. The van der Waals surface area contributed by atoms with Gasteiger partial charge in [-0.1, -0.05) is 31.7 Å². The van der Waals surface area contributed by atoms with E-state index in [1.165, 1.54) is 5.56 Å². The van der Waals surface area contributed by atoms with Gasteiger partial charge in [0.05, 0.1) is 14.2 Å². The standard InChI is InChI=1S/C22H36N6O2S.HI/c1-16(2)15-28-20(26-27-22(28)31-6)8-7-12-24-21(23-3)25-13-11-17-9-10-18(29-4)19(14-17)30-5;/h9-10,14,16H,7-8,11-13,15H2,1-6H3,(H2,23,24,25);1H. The van der Waals surface area contributed by atoms with Crippen LogP contribution in [0.5, 0.6) is 11.5 Å². The Morgan fingerprint density at radius 3 is 2.44 bits per heavy atom. The fourth-order valence-corrected chi connectivity index (χ4v) is 3.76. The third-order valence-corrected chi connectivity index (χ3v) is 5.44. The molecular weight excluding hydrogens is 539 g/mol. The minimum atomic E-state index is 0. The van der Waals surface area contributed by atoms with E-state index in [0.717, 1.165) is 67.3 Å². The van der Waals surface area contributed by atoms with Gasteiger partial charge >= 0.3 is 0 Å². The van der Waals surface area contributed by atoms with Crippen molar-refractivity contribution in [3.63, 3.8) is 0 Å². The number of methoxy groups -OCH3 is 2. The smallest absolute Gasteiger partial charge is 0.190 e. The molecule has 0 saturated carbocycles. The lowest BCUT2D eigenvalue weighted by Crippen LogP contribution is -2.38. The normalized spacial score (nSPS) is 11.3. The molecule has 8 nitrogen and oxygen atoms in total. The number of benzene rings is 1. The molecule has 0 radical (unpaired) electrons. The van der Waals surface area contributed by atoms with Gasteiger partial charge in [0.1, 0.15) is 5.82 Å². The summed E-state index contributed by atoms with van der Waals surface area (Å²) in [7, 11) is 5.08. The summed E-state index contributed by atoms with van der Waals surface area (Å²) in [5.41, 5.74) is 1.18. The van der Waals surface area contributed by atoms with Gasteiger partial charge in [0.15, 0.2) is 22.6 Å². The third kappa shape index (κ3) is 8.68. The summed E-state index contributed by atoms with van der Waals surface area (Å²) in [5, 5.41) is 16.4. The largest absolute Gasteiger partial charge is 0.493 e. The van der Waals surface area contributed by atoms with E-state index in [1.54, 1.807) is 33.0 Å². The molecule has 0 saturated heterocycles. The second-order valence-corrected chi connectivity index (χ2v) is 8.35. The number of ether oxygens (including phenoxy) is 2. The molecular formula is C22H37IN6O2S. The van der Waals surface area contributed by atoms with Crippen molar-refractivity contribution in [1.29, 1.82) is 0 Å². The highest BCUT2D eigenvalue weighted by Crippen LogP contribution is 2.27. The molecule has 0 fully saturated rings. The van der Waals surface area contributed by atoms with Gasteiger partial charge in [0.2, 0.25) is 0 Å². The SMILES string of the molecule is CN=C(NCCCc1nnc(SC)n1CC(C)C)NCCc1ccc(OC)c(OC)c1.I. The predicted octanol–water partition coefficient (Wildman–Crippen LogP) is 3.63. The van der Waals surface area contributed by atoms with Crippen LogP contribution in [0.15, 0.2) is 28.3 Å². The molecule has 2 aromatic rings. The van der Waals surface area contributed by atoms with Crippen molar-refractivity contribution in [3.8, 4) is 11.5 Å². The fraction of sp³-hybridized carbons (Fsp3) is 0.591. The lowest BCUT2D eigenvalue weighted by atomic mass is 10.1. The van der Waals surface area contributed by atoms with Crippen LogP contribution in [0.1, 0.15) is 31.7 Å². The Labute approximate surface area is 213 Å². The van der Waals surface area contributed by atoms with Crippen molar-refractivity contribution in [2.45, 2.75) is 44.8 Å². The summed E-state index contributed by atoms with van der Waals surface area (Å²) in [6, 6.07) is 5.99. The van der Waals surface area contributed by atoms with Crippen LogP contribution in [0.3, 0.4) is 0 Å². The van der Waals surface area contributed by atoms with E-state index in [1.807, 2.05) is 18.4 Å². The number of rotatable bonds is 12. The maximum atomic E-state index is 5.37. The number of aromatic nitrogens is 3. The van der Waals surface area contributed by atoms with Crippen LogP contribution in [0.4, 0.5) is 0 Å². The predicted molar refractivity (Wildman–Crippen MR) is 143 cm³/mol. The molecule has 1 aromatic carbocycles. The Hall–Kier alpha value is -1.69. The first-order valence-corrected chi connectivity index (χ1v) is 11.9. The highest BCUT2D eigenvalue weighted by atomic mass is 127. The van der Waals surface area contributed by atoms with Crippen LogP contribution in [0, 0.1) is 5.92 Å². The highest BCUT2D eigenvalue weighted by molar-refractivity contribution is 14.0. The van der Waals surface area contributed by atoms with E-state index in [9.17, 15) is 0 Å². The summed E-state index contributed by atoms with van der Waals surface area (Å²) >= 11 is 1.65. The van der Waals surface area contributed by atoms with Crippen molar-refractivity contribution in [2.75, 3.05) is 40.6 Å². The molecule has 0 bridgehead atoms. The number of thioether (sulfide) groups is 1. The molecule has 10 heteroatoms. The van der Waals surface area contributed by atoms with Crippen LogP contribution in [-0.2, 0) is 19.4 Å². The van der Waals surface area contributed by atoms with Crippen LogP contribution in [0.25, 0.3) is 0 Å². The first kappa shape index (κ1) is 28.3. The molecule has 32 heavy (non-hydrogen) atoms. The van der Waals surface area contributed by atoms with Gasteiger partial charge in [0.25, 0.3) is 0 Å². The van der Waals surface area contributed by atoms with Crippen molar-refractivity contribution in [2.24, 2.45) is 10.9 Å². The van der Waals surface area contributed by atoms with E-state index in [4.69, 9.17) is 9.47 Å². The van der Waals surface area contributed by atoms with Crippen molar-refractivity contribution in [1.82, 2.24) is 25.4 Å². The van der Waals surface area contributed by atoms with E-state index < -0.39 is 0 Å². The van der Waals surface area contributed by atoms with E-state index in [0.29, 0.717) is 5.92 Å². The Morgan fingerprint density at radius 1 is 1.09 bits per heavy atom. The number of aryl methyl sites for hydroxylation is 1. The quantitative estimate of drug-likeness (QED) is 0.131. The minimum absolute atomic E-state index is 0. The van der Waals surface area contributed by atoms with Crippen LogP contribution in [0.2, 0.25) is 0 Å². The highest BCUT2D eigenvalue weighted by Gasteiger charge is 2.12. The van der Waals surface area contributed by atoms with Gasteiger partial charge < -0.3 is 24.7 Å². The fourth-order valence-electron chi connectivity index (χ4n) is 3.24. The second kappa shape index (κ2) is 15.2. The molecule has 2 rings (SSSR count). The van der Waals surface area contributed by atoms with Gasteiger partial charge in [-0.05, 0) is 42.7 Å². The molecule has 1 heterocycles. The van der Waals surface area contributed by atoms with Crippen LogP contribution >= 0.6 is 35.7 Å². The zero-order valence-corrected chi connectivity index (χ0v) is 23.1. The molecule has 0 unspecified atom stereocenters. The van der Waals surface area contributed by atoms with Crippen molar-refractivity contribution in [3.05, 3.63) is 29.6 Å². The lowest BCUT2D eigenvalue weighted by Gasteiger charge is -2.14. The summed E-state index contributed by atoms with van der Waals surface area (Å²) in [6.45, 7) is 6.97. The number of halogens is 1. The molecule has 0 amide bonds. The average molecular weight is 577 g/mol. The number of nitrogens with zero attached hydrogens (tertiary/aromatic N) is 4. The molecule has 180 valence electrons. The van der Waals surface area contributed by atoms with E-state index >= 15 is 0 Å². The number of hydrogen-bond acceptors (Lipinski definition) is 6. The molecule has 2 N–H and O–H groups in total. The molecule has 0 atom stereocenters. The van der Waals surface area contributed by atoms with Gasteiger partial charge in [-0.2, -0.15) is 0 Å². The maximum Gasteiger partial charge on any atom is 0.190 e. The lowest BCUT2D eigenvalue weighted by molar-refractivity contribution is 0.354. The minimum Gasteiger partial charge on any atom is -0.493 e.